The third kappa shape index (κ3) is 6.00. The van der Waals surface area contributed by atoms with E-state index in [1.807, 2.05) is 0 Å². The molecular formula is C19H28BrN3O4S. The van der Waals surface area contributed by atoms with Crippen molar-refractivity contribution in [2.75, 3.05) is 32.8 Å². The normalized spacial score (nSPS) is 21.1. The molecule has 156 valence electrons. The second kappa shape index (κ2) is 9.21. The Morgan fingerprint density at radius 2 is 2.11 bits per heavy atom. The minimum absolute atomic E-state index is 0.0168. The summed E-state index contributed by atoms with van der Waals surface area (Å²) in [6.45, 7) is 8.09. The van der Waals surface area contributed by atoms with Crippen LogP contribution in [0.2, 0.25) is 0 Å². The first kappa shape index (κ1) is 21.7. The molecule has 1 aliphatic heterocycles. The zero-order chi connectivity index (χ0) is 20.3. The van der Waals surface area contributed by atoms with Crippen molar-refractivity contribution in [1.29, 1.82) is 0 Å². The molecule has 3 rings (SSSR count). The lowest BCUT2D eigenvalue weighted by Crippen LogP contribution is -2.48. The smallest absolute Gasteiger partial charge is 0.252 e. The van der Waals surface area contributed by atoms with Crippen LogP contribution in [0.5, 0.6) is 0 Å². The van der Waals surface area contributed by atoms with Crippen molar-refractivity contribution in [2.24, 2.45) is 5.92 Å². The molecule has 1 unspecified atom stereocenters. The van der Waals surface area contributed by atoms with Crippen molar-refractivity contribution in [3.63, 3.8) is 0 Å². The van der Waals surface area contributed by atoms with Crippen molar-refractivity contribution in [1.82, 2.24) is 14.9 Å². The molecule has 0 radical (unpaired) electrons. The van der Waals surface area contributed by atoms with Crippen LogP contribution in [0.1, 0.15) is 37.0 Å². The molecule has 0 aromatic heterocycles. The molecule has 7 nitrogen and oxygen atoms in total. The number of carbonyl (C=O) groups excluding carboxylic acids is 1. The maximum atomic E-state index is 12.7. The van der Waals surface area contributed by atoms with Crippen LogP contribution in [0, 0.1) is 5.92 Å². The van der Waals surface area contributed by atoms with Crippen LogP contribution >= 0.6 is 15.9 Å². The Bertz CT molecular complexity index is 811. The van der Waals surface area contributed by atoms with Gasteiger partial charge in [-0.25, -0.2) is 13.1 Å². The molecule has 1 aromatic carbocycles. The summed E-state index contributed by atoms with van der Waals surface area (Å²) in [5, 5.41) is 2.88. The molecule has 1 aromatic rings. The van der Waals surface area contributed by atoms with Gasteiger partial charge >= 0.3 is 0 Å². The first-order chi connectivity index (χ1) is 13.2. The second-order valence-corrected chi connectivity index (χ2v) is 10.5. The molecule has 0 spiro atoms. The second-order valence-electron chi connectivity index (χ2n) is 7.89. The highest BCUT2D eigenvalue weighted by molar-refractivity contribution is 9.10. The molecule has 28 heavy (non-hydrogen) atoms. The van der Waals surface area contributed by atoms with E-state index in [0.29, 0.717) is 29.1 Å². The average molecular weight is 474 g/mol. The van der Waals surface area contributed by atoms with Crippen LogP contribution in [0.15, 0.2) is 27.6 Å². The number of rotatable bonds is 8. The molecule has 1 heterocycles. The monoisotopic (exact) mass is 473 g/mol. The van der Waals surface area contributed by atoms with Crippen molar-refractivity contribution in [3.05, 3.63) is 28.2 Å². The topological polar surface area (TPSA) is 87.7 Å². The zero-order valence-corrected chi connectivity index (χ0v) is 18.7. The van der Waals surface area contributed by atoms with Crippen LogP contribution in [0.4, 0.5) is 0 Å². The molecular weight excluding hydrogens is 446 g/mol. The molecule has 1 saturated carbocycles. The van der Waals surface area contributed by atoms with Crippen molar-refractivity contribution >= 4 is 31.9 Å². The lowest BCUT2D eigenvalue weighted by atomic mass is 10.1. The van der Waals surface area contributed by atoms with E-state index < -0.39 is 10.0 Å². The number of nitrogens with one attached hydrogen (secondary N) is 2. The molecule has 2 aliphatic rings. The summed E-state index contributed by atoms with van der Waals surface area (Å²) in [6.07, 6.45) is 1.65. The van der Waals surface area contributed by atoms with Gasteiger partial charge < -0.3 is 10.1 Å². The Balaban J connectivity index is 1.61. The largest absolute Gasteiger partial charge is 0.374 e. The van der Waals surface area contributed by atoms with E-state index in [-0.39, 0.29) is 22.9 Å². The molecule has 1 aliphatic carbocycles. The summed E-state index contributed by atoms with van der Waals surface area (Å²) in [6, 6.07) is 4.53. The van der Waals surface area contributed by atoms with E-state index in [2.05, 4.69) is 44.7 Å². The fraction of sp³-hybridized carbons (Fsp3) is 0.632. The Labute approximate surface area is 175 Å². The summed E-state index contributed by atoms with van der Waals surface area (Å²) < 4.78 is 33.8. The van der Waals surface area contributed by atoms with Crippen molar-refractivity contribution in [3.8, 4) is 0 Å². The molecule has 2 fully saturated rings. The van der Waals surface area contributed by atoms with Gasteiger partial charge in [0.05, 0.1) is 23.2 Å². The Hall–Kier alpha value is -1.00. The van der Waals surface area contributed by atoms with E-state index in [1.54, 1.807) is 6.07 Å². The number of amides is 1. The van der Waals surface area contributed by atoms with E-state index in [0.717, 1.165) is 32.5 Å². The SMILES string of the molecule is CC(C)CN1CCOC(CNC(=O)c2cc(S(=O)(=O)NC3CC3)ccc2Br)C1. The minimum atomic E-state index is -3.61. The summed E-state index contributed by atoms with van der Waals surface area (Å²) >= 11 is 3.35. The van der Waals surface area contributed by atoms with E-state index >= 15 is 0 Å². The number of nitrogens with zero attached hydrogens (tertiary/aromatic N) is 1. The fourth-order valence-corrected chi connectivity index (χ4v) is 4.98. The summed E-state index contributed by atoms with van der Waals surface area (Å²) in [5.74, 6) is 0.262. The number of halogens is 1. The maximum Gasteiger partial charge on any atom is 0.252 e. The number of hydrogen-bond donors (Lipinski definition) is 2. The Morgan fingerprint density at radius 1 is 1.36 bits per heavy atom. The van der Waals surface area contributed by atoms with Gasteiger partial charge in [0.2, 0.25) is 10.0 Å². The number of morpholine rings is 1. The van der Waals surface area contributed by atoms with E-state index in [1.165, 1.54) is 12.1 Å². The number of hydrogen-bond acceptors (Lipinski definition) is 5. The van der Waals surface area contributed by atoms with Crippen LogP contribution in [-0.4, -0.2) is 64.2 Å². The van der Waals surface area contributed by atoms with Gasteiger partial charge in [0.25, 0.3) is 5.91 Å². The van der Waals surface area contributed by atoms with E-state index in [4.69, 9.17) is 4.74 Å². The number of sulfonamides is 1. The van der Waals surface area contributed by atoms with Crippen molar-refractivity contribution < 1.29 is 17.9 Å². The van der Waals surface area contributed by atoms with E-state index in [9.17, 15) is 13.2 Å². The highest BCUT2D eigenvalue weighted by Crippen LogP contribution is 2.25. The molecule has 1 amide bonds. The maximum absolute atomic E-state index is 12.7. The summed E-state index contributed by atoms with van der Waals surface area (Å²) in [5.41, 5.74) is 0.300. The zero-order valence-electron chi connectivity index (χ0n) is 16.3. The van der Waals surface area contributed by atoms with Gasteiger partial charge in [0.15, 0.2) is 0 Å². The molecule has 0 bridgehead atoms. The molecule has 9 heteroatoms. The van der Waals surface area contributed by atoms with Gasteiger partial charge in [0, 0.05) is 36.7 Å². The van der Waals surface area contributed by atoms with Crippen molar-refractivity contribution in [2.45, 2.75) is 43.7 Å². The van der Waals surface area contributed by atoms with Gasteiger partial charge in [-0.15, -0.1) is 0 Å². The van der Waals surface area contributed by atoms with Crippen LogP contribution < -0.4 is 10.0 Å². The quantitative estimate of drug-likeness (QED) is 0.602. The highest BCUT2D eigenvalue weighted by atomic mass is 79.9. The summed E-state index contributed by atoms with van der Waals surface area (Å²) in [7, 11) is -3.61. The third-order valence-electron chi connectivity index (χ3n) is 4.73. The molecule has 1 saturated heterocycles. The lowest BCUT2D eigenvalue weighted by molar-refractivity contribution is -0.0295. The van der Waals surface area contributed by atoms with Gasteiger partial charge in [-0.05, 0) is 52.9 Å². The van der Waals surface area contributed by atoms with Gasteiger partial charge in [-0.1, -0.05) is 13.8 Å². The number of carbonyl (C=O) groups is 1. The van der Waals surface area contributed by atoms with Crippen LogP contribution in [0.3, 0.4) is 0 Å². The molecule has 1 atom stereocenters. The van der Waals surface area contributed by atoms with Gasteiger partial charge in [-0.3, -0.25) is 9.69 Å². The van der Waals surface area contributed by atoms with Crippen LogP contribution in [0.25, 0.3) is 0 Å². The number of benzene rings is 1. The first-order valence-electron chi connectivity index (χ1n) is 9.68. The standard InChI is InChI=1S/C19H28BrN3O4S/c1-13(2)11-23-7-8-27-15(12-23)10-21-19(24)17-9-16(5-6-18(17)20)28(25,26)22-14-3-4-14/h5-6,9,13-15,22H,3-4,7-8,10-12H2,1-2H3,(H,21,24). The lowest BCUT2D eigenvalue weighted by Gasteiger charge is -2.34. The van der Waals surface area contributed by atoms with Gasteiger partial charge in [0.1, 0.15) is 0 Å². The first-order valence-corrected chi connectivity index (χ1v) is 12.0. The highest BCUT2D eigenvalue weighted by Gasteiger charge is 2.29. The van der Waals surface area contributed by atoms with Crippen LogP contribution in [-0.2, 0) is 14.8 Å². The Kier molecular flexibility index (Phi) is 7.14. The predicted molar refractivity (Wildman–Crippen MR) is 111 cm³/mol. The minimum Gasteiger partial charge on any atom is -0.374 e. The Morgan fingerprint density at radius 3 is 2.79 bits per heavy atom. The number of ether oxygens (including phenoxy) is 1. The summed E-state index contributed by atoms with van der Waals surface area (Å²) in [4.78, 5) is 15.1. The fourth-order valence-electron chi connectivity index (χ4n) is 3.22. The third-order valence-corrected chi connectivity index (χ3v) is 6.94. The predicted octanol–water partition coefficient (Wildman–Crippen LogP) is 1.98. The van der Waals surface area contributed by atoms with Gasteiger partial charge in [-0.2, -0.15) is 0 Å². The average Bonchev–Trinajstić information content (AvgIpc) is 3.43. The molecule has 2 N–H and O–H groups in total.